The van der Waals surface area contributed by atoms with Crippen LogP contribution in [0.15, 0.2) is 0 Å². The van der Waals surface area contributed by atoms with Crippen molar-refractivity contribution in [2.45, 2.75) is 24.1 Å². The number of fused-ring (bicyclic) bond motifs is 2. The molecule has 0 N–H and O–H groups in total. The molecule has 0 amide bonds. The summed E-state index contributed by atoms with van der Waals surface area (Å²) in [6.07, 6.45) is 1.28. The minimum atomic E-state index is 0.0864. The summed E-state index contributed by atoms with van der Waals surface area (Å²) >= 11 is 18.7. The Labute approximate surface area is 114 Å². The van der Waals surface area contributed by atoms with Crippen LogP contribution >= 0.6 is 79.6 Å². The van der Waals surface area contributed by atoms with Gasteiger partial charge in [0, 0.05) is 14.5 Å². The SMILES string of the molecule is Br[C@@H]1[C@H](Br)[C@@H]2C[C@H]1C(Br)(Br)[C@H]2Br. The van der Waals surface area contributed by atoms with Crippen molar-refractivity contribution in [3.05, 3.63) is 0 Å². The highest BCUT2D eigenvalue weighted by molar-refractivity contribution is 9.26. The third-order valence-electron chi connectivity index (χ3n) is 2.86. The van der Waals surface area contributed by atoms with Gasteiger partial charge < -0.3 is 0 Å². The molecule has 0 saturated heterocycles. The summed E-state index contributed by atoms with van der Waals surface area (Å²) in [5, 5.41) is 0. The van der Waals surface area contributed by atoms with E-state index >= 15 is 0 Å². The normalized spacial score (nSPS) is 56.2. The van der Waals surface area contributed by atoms with E-state index in [1.165, 1.54) is 6.42 Å². The topological polar surface area (TPSA) is 0 Å². The van der Waals surface area contributed by atoms with E-state index in [0.717, 1.165) is 5.92 Å². The average Bonchev–Trinajstić information content (AvgIpc) is 2.38. The van der Waals surface area contributed by atoms with Gasteiger partial charge in [-0.15, -0.1) is 0 Å². The first kappa shape index (κ1) is 10.9. The zero-order valence-corrected chi connectivity index (χ0v) is 13.9. The monoisotopic (exact) mass is 486 g/mol. The Morgan fingerprint density at radius 1 is 1.00 bits per heavy atom. The van der Waals surface area contributed by atoms with Gasteiger partial charge in [-0.05, 0) is 18.3 Å². The van der Waals surface area contributed by atoms with E-state index in [-0.39, 0.29) is 3.23 Å². The highest BCUT2D eigenvalue weighted by atomic mass is 79.9. The highest BCUT2D eigenvalue weighted by Gasteiger charge is 2.62. The van der Waals surface area contributed by atoms with Gasteiger partial charge in [0.25, 0.3) is 0 Å². The van der Waals surface area contributed by atoms with Gasteiger partial charge in [0.15, 0.2) is 0 Å². The van der Waals surface area contributed by atoms with Gasteiger partial charge in [-0.1, -0.05) is 79.6 Å². The molecule has 5 heteroatoms. The van der Waals surface area contributed by atoms with Crippen molar-refractivity contribution in [1.29, 1.82) is 0 Å². The molecule has 12 heavy (non-hydrogen) atoms. The summed E-state index contributed by atoms with van der Waals surface area (Å²) in [6.45, 7) is 0. The molecule has 0 aromatic heterocycles. The van der Waals surface area contributed by atoms with E-state index in [9.17, 15) is 0 Å². The van der Waals surface area contributed by atoms with Crippen molar-refractivity contribution in [2.24, 2.45) is 11.8 Å². The molecule has 2 fully saturated rings. The maximum atomic E-state index is 3.75. The minimum absolute atomic E-state index is 0.0864. The predicted molar refractivity (Wildman–Crippen MR) is 70.3 cm³/mol. The lowest BCUT2D eigenvalue weighted by molar-refractivity contribution is 0.530. The third-order valence-corrected chi connectivity index (χ3v) is 10.8. The van der Waals surface area contributed by atoms with Crippen molar-refractivity contribution >= 4 is 79.6 Å². The molecular weight excluding hydrogens is 484 g/mol. The molecule has 70 valence electrons. The van der Waals surface area contributed by atoms with Gasteiger partial charge in [0.05, 0.1) is 3.23 Å². The van der Waals surface area contributed by atoms with Gasteiger partial charge in [0.1, 0.15) is 0 Å². The summed E-state index contributed by atoms with van der Waals surface area (Å²) < 4.78 is 0.0864. The maximum absolute atomic E-state index is 3.75. The summed E-state index contributed by atoms with van der Waals surface area (Å²) in [5.41, 5.74) is 0. The largest absolute Gasteiger partial charge is 0.0971 e. The Morgan fingerprint density at radius 2 is 1.58 bits per heavy atom. The molecule has 0 unspecified atom stereocenters. The van der Waals surface area contributed by atoms with Gasteiger partial charge in [-0.2, -0.15) is 0 Å². The Balaban J connectivity index is 2.30. The fraction of sp³-hybridized carbons (Fsp3) is 1.00. The van der Waals surface area contributed by atoms with Crippen LogP contribution in [0.5, 0.6) is 0 Å². The predicted octanol–water partition coefficient (Wildman–Crippen LogP) is 4.41. The first-order chi connectivity index (χ1) is 5.46. The van der Waals surface area contributed by atoms with Gasteiger partial charge >= 0.3 is 0 Å². The molecular formula is C7H7Br5. The number of rotatable bonds is 0. The Bertz CT molecular complexity index is 204. The molecule has 2 saturated carbocycles. The zero-order valence-electron chi connectivity index (χ0n) is 5.98. The molecule has 2 rings (SSSR count). The van der Waals surface area contributed by atoms with Crippen LogP contribution in [0.1, 0.15) is 6.42 Å². The Morgan fingerprint density at radius 3 is 2.00 bits per heavy atom. The first-order valence-electron chi connectivity index (χ1n) is 3.76. The maximum Gasteiger partial charge on any atom is 0.0971 e. The van der Waals surface area contributed by atoms with Crippen LogP contribution in [0.4, 0.5) is 0 Å². The Hall–Kier alpha value is 2.40. The average molecular weight is 491 g/mol. The van der Waals surface area contributed by atoms with Crippen LogP contribution in [0.2, 0.25) is 0 Å². The molecule has 0 radical (unpaired) electrons. The molecule has 0 spiro atoms. The Kier molecular flexibility index (Phi) is 3.14. The molecule has 0 nitrogen and oxygen atoms in total. The zero-order chi connectivity index (χ0) is 9.09. The molecule has 2 aliphatic rings. The van der Waals surface area contributed by atoms with Crippen LogP contribution < -0.4 is 0 Å². The van der Waals surface area contributed by atoms with E-state index in [4.69, 9.17) is 0 Å². The van der Waals surface area contributed by atoms with Crippen LogP contribution in [0.25, 0.3) is 0 Å². The lowest BCUT2D eigenvalue weighted by Crippen LogP contribution is -2.42. The van der Waals surface area contributed by atoms with E-state index in [0.29, 0.717) is 20.4 Å². The lowest BCUT2D eigenvalue weighted by Gasteiger charge is -2.36. The quantitative estimate of drug-likeness (QED) is 0.441. The molecule has 2 bridgehead atoms. The summed E-state index contributed by atoms with van der Waals surface area (Å²) in [4.78, 5) is 1.71. The highest BCUT2D eigenvalue weighted by Crippen LogP contribution is 2.64. The first-order valence-corrected chi connectivity index (χ1v) is 8.09. The van der Waals surface area contributed by atoms with Crippen LogP contribution in [0, 0.1) is 11.8 Å². The molecule has 0 aromatic rings. The lowest BCUT2D eigenvalue weighted by atomic mass is 10.0. The van der Waals surface area contributed by atoms with Crippen molar-refractivity contribution in [3.8, 4) is 0 Å². The molecule has 2 aliphatic carbocycles. The standard InChI is InChI=1S/C7H7Br5/c8-4-2-1-3(5(4)9)7(11,12)6(2)10/h2-6H,1H2/t2-,3+,4+,5-,6-/m0/s1. The summed E-state index contributed by atoms with van der Waals surface area (Å²) in [7, 11) is 0. The van der Waals surface area contributed by atoms with Crippen molar-refractivity contribution in [2.75, 3.05) is 0 Å². The smallest absolute Gasteiger partial charge is 0.0875 e. The minimum Gasteiger partial charge on any atom is -0.0875 e. The van der Waals surface area contributed by atoms with E-state index in [1.807, 2.05) is 0 Å². The molecule has 0 aromatic carbocycles. The second-order valence-corrected chi connectivity index (χ2v) is 10.3. The van der Waals surface area contributed by atoms with E-state index < -0.39 is 0 Å². The van der Waals surface area contributed by atoms with Crippen LogP contribution in [0.3, 0.4) is 0 Å². The second-order valence-electron chi connectivity index (χ2n) is 3.47. The molecule has 0 heterocycles. The molecule has 0 aliphatic heterocycles. The number of hydrogen-bond donors (Lipinski definition) is 0. The third kappa shape index (κ3) is 1.36. The summed E-state index contributed by atoms with van der Waals surface area (Å²) in [6, 6.07) is 0. The second kappa shape index (κ2) is 3.46. The van der Waals surface area contributed by atoms with Gasteiger partial charge in [-0.3, -0.25) is 0 Å². The fourth-order valence-corrected chi connectivity index (χ4v) is 7.69. The van der Waals surface area contributed by atoms with Crippen LogP contribution in [-0.4, -0.2) is 17.7 Å². The van der Waals surface area contributed by atoms with Crippen molar-refractivity contribution in [1.82, 2.24) is 0 Å². The number of hydrogen-bond acceptors (Lipinski definition) is 0. The van der Waals surface area contributed by atoms with Gasteiger partial charge in [0.2, 0.25) is 0 Å². The fourth-order valence-electron chi connectivity index (χ4n) is 2.15. The number of alkyl halides is 5. The molecule has 5 atom stereocenters. The van der Waals surface area contributed by atoms with Crippen molar-refractivity contribution < 1.29 is 0 Å². The summed E-state index contributed by atoms with van der Waals surface area (Å²) in [5.74, 6) is 1.38. The van der Waals surface area contributed by atoms with Crippen molar-refractivity contribution in [3.63, 3.8) is 0 Å². The number of halogens is 5. The van der Waals surface area contributed by atoms with Crippen LogP contribution in [-0.2, 0) is 0 Å². The van der Waals surface area contributed by atoms with Gasteiger partial charge in [-0.25, -0.2) is 0 Å². The van der Waals surface area contributed by atoms with E-state index in [2.05, 4.69) is 79.6 Å². The van der Waals surface area contributed by atoms with E-state index in [1.54, 1.807) is 0 Å².